The van der Waals surface area contributed by atoms with Crippen LogP contribution in [0.4, 0.5) is 0 Å². The molecule has 0 aliphatic rings. The lowest BCUT2D eigenvalue weighted by Crippen LogP contribution is -1.92. The summed E-state index contributed by atoms with van der Waals surface area (Å²) >= 11 is 0. The fourth-order valence-corrected chi connectivity index (χ4v) is 7.92. The molecule has 1 nitrogen and oxygen atoms in total. The lowest BCUT2D eigenvalue weighted by atomic mass is 9.84. The Balaban J connectivity index is 1.18. The zero-order chi connectivity index (χ0) is 41.3. The number of hydrogen-bond donors (Lipinski definition) is 0. The highest BCUT2D eigenvalue weighted by Gasteiger charge is 2.19. The third-order valence-electron chi connectivity index (χ3n) is 10.2. The van der Waals surface area contributed by atoms with Gasteiger partial charge in [0.2, 0.25) is 0 Å². The Bertz CT molecular complexity index is 3660. The van der Waals surface area contributed by atoms with Crippen LogP contribution in [0.5, 0.6) is 0 Å². The second-order valence-electron chi connectivity index (χ2n) is 12.9. The van der Waals surface area contributed by atoms with Crippen LogP contribution >= 0.6 is 0 Å². The van der Waals surface area contributed by atoms with E-state index in [0.717, 1.165) is 54.6 Å². The van der Waals surface area contributed by atoms with Crippen LogP contribution in [0.15, 0.2) is 186 Å². The fourth-order valence-electron chi connectivity index (χ4n) is 7.92. The fraction of sp³-hybridized carbons (Fsp3) is 0. The number of hydrogen-bond acceptors (Lipinski definition) is 1. The summed E-state index contributed by atoms with van der Waals surface area (Å²) in [4.78, 5) is 0. The summed E-state index contributed by atoms with van der Waals surface area (Å²) in [6.07, 6.45) is 0. The first-order valence-electron chi connectivity index (χ1n) is 21.4. The summed E-state index contributed by atoms with van der Waals surface area (Å²) in [5.41, 5.74) is 4.99. The van der Waals surface area contributed by atoms with E-state index in [1.807, 2.05) is 30.3 Å². The van der Waals surface area contributed by atoms with E-state index in [1.165, 1.54) is 10.8 Å². The minimum absolute atomic E-state index is 0.0582. The molecule has 10 aromatic carbocycles. The molecule has 11 aromatic rings. The van der Waals surface area contributed by atoms with Gasteiger partial charge in [0.1, 0.15) is 11.2 Å². The Morgan fingerprint density at radius 2 is 1.06 bits per heavy atom. The average Bonchev–Trinajstić information content (AvgIpc) is 3.67. The highest BCUT2D eigenvalue weighted by Crippen LogP contribution is 2.46. The van der Waals surface area contributed by atoms with Crippen molar-refractivity contribution in [3.8, 4) is 33.4 Å². The van der Waals surface area contributed by atoms with E-state index < -0.39 is 36.3 Å². The van der Waals surface area contributed by atoms with Crippen LogP contribution in [0, 0.1) is 0 Å². The second-order valence-corrected chi connectivity index (χ2v) is 12.9. The Hall–Kier alpha value is -6.70. The molecule has 51 heavy (non-hydrogen) atoms. The zero-order valence-corrected chi connectivity index (χ0v) is 27.0. The molecule has 1 aromatic heterocycles. The predicted molar refractivity (Wildman–Crippen MR) is 218 cm³/mol. The summed E-state index contributed by atoms with van der Waals surface area (Å²) in [7, 11) is 0. The molecule has 1 heteroatoms. The maximum Gasteiger partial charge on any atom is 0.143 e. The SMILES string of the molecule is [2H]c1c([2H])c(-c2ccc3c(-c4c5ccccc5c(-c5ccc6ccccc6c5)c5ccccc45)cccc3c2)c2c(oc3c4c([2H])c([2H])c([2H])c([2H])c4c([2H])c([2H])c32)c1[2H]. The van der Waals surface area contributed by atoms with Crippen LogP contribution in [0.1, 0.15) is 12.3 Å². The van der Waals surface area contributed by atoms with Gasteiger partial charge >= 0.3 is 0 Å². The van der Waals surface area contributed by atoms with Gasteiger partial charge in [-0.2, -0.15) is 0 Å². The van der Waals surface area contributed by atoms with Gasteiger partial charge in [-0.05, 0) is 106 Å². The van der Waals surface area contributed by atoms with E-state index in [1.54, 1.807) is 0 Å². The van der Waals surface area contributed by atoms with Crippen molar-refractivity contribution in [2.45, 2.75) is 0 Å². The zero-order valence-electron chi connectivity index (χ0n) is 36.0. The molecule has 0 N–H and O–H groups in total. The molecule has 0 amide bonds. The molecule has 0 spiro atoms. The van der Waals surface area contributed by atoms with Crippen molar-refractivity contribution >= 4 is 75.8 Å². The summed E-state index contributed by atoms with van der Waals surface area (Å²) < 4.78 is 85.1. The van der Waals surface area contributed by atoms with Crippen molar-refractivity contribution in [2.75, 3.05) is 0 Å². The van der Waals surface area contributed by atoms with Crippen molar-refractivity contribution in [2.24, 2.45) is 0 Å². The maximum atomic E-state index is 9.22. The van der Waals surface area contributed by atoms with Gasteiger partial charge in [-0.3, -0.25) is 0 Å². The van der Waals surface area contributed by atoms with Gasteiger partial charge in [0, 0.05) is 16.2 Å². The topological polar surface area (TPSA) is 13.1 Å². The average molecular weight is 656 g/mol. The quantitative estimate of drug-likeness (QED) is 0.173. The van der Waals surface area contributed by atoms with Crippen molar-refractivity contribution in [1.29, 1.82) is 0 Å². The molecule has 0 aliphatic heterocycles. The van der Waals surface area contributed by atoms with Crippen LogP contribution in [-0.2, 0) is 0 Å². The second kappa shape index (κ2) is 10.9. The number of rotatable bonds is 3. The maximum absolute atomic E-state index is 9.22. The molecule has 1 heterocycles. The predicted octanol–water partition coefficient (Wildman–Crippen LogP) is 14.4. The molecule has 0 radical (unpaired) electrons. The molecular weight excluding hydrogens is 617 g/mol. The number of benzene rings is 10. The third-order valence-corrected chi connectivity index (χ3v) is 10.2. The van der Waals surface area contributed by atoms with Crippen LogP contribution in [0.2, 0.25) is 0 Å². The van der Waals surface area contributed by atoms with Crippen LogP contribution < -0.4 is 0 Å². The van der Waals surface area contributed by atoms with Crippen molar-refractivity contribution in [1.82, 2.24) is 0 Å². The lowest BCUT2D eigenvalue weighted by molar-refractivity contribution is 0.673. The van der Waals surface area contributed by atoms with E-state index in [-0.39, 0.29) is 56.4 Å². The number of furan rings is 1. The van der Waals surface area contributed by atoms with Crippen molar-refractivity contribution in [3.63, 3.8) is 0 Å². The Morgan fingerprint density at radius 3 is 1.88 bits per heavy atom. The highest BCUT2D eigenvalue weighted by molar-refractivity contribution is 6.24. The molecule has 0 aliphatic carbocycles. The molecule has 0 unspecified atom stereocenters. The van der Waals surface area contributed by atoms with Crippen molar-refractivity contribution in [3.05, 3.63) is 182 Å². The summed E-state index contributed by atoms with van der Waals surface area (Å²) in [5, 5.41) is 8.60. The van der Waals surface area contributed by atoms with Gasteiger partial charge < -0.3 is 4.42 Å². The van der Waals surface area contributed by atoms with Gasteiger partial charge in [0.05, 0.1) is 12.3 Å². The Morgan fingerprint density at radius 1 is 0.373 bits per heavy atom. The molecule has 236 valence electrons. The Labute approximate surface area is 307 Å². The van der Waals surface area contributed by atoms with Gasteiger partial charge in [-0.25, -0.2) is 0 Å². The molecule has 11 rings (SSSR count). The van der Waals surface area contributed by atoms with Gasteiger partial charge in [0.15, 0.2) is 0 Å². The normalized spacial score (nSPS) is 14.4. The van der Waals surface area contributed by atoms with E-state index in [2.05, 4.69) is 97.1 Å². The van der Waals surface area contributed by atoms with Crippen LogP contribution in [-0.4, -0.2) is 0 Å². The van der Waals surface area contributed by atoms with Crippen LogP contribution in [0.3, 0.4) is 0 Å². The molecular formula is C50H30O. The minimum atomic E-state index is -0.531. The summed E-state index contributed by atoms with van der Waals surface area (Å²) in [6.45, 7) is 0. The molecule has 0 fully saturated rings. The monoisotopic (exact) mass is 655 g/mol. The van der Waals surface area contributed by atoms with E-state index >= 15 is 0 Å². The van der Waals surface area contributed by atoms with E-state index in [9.17, 15) is 1.37 Å². The highest BCUT2D eigenvalue weighted by atomic mass is 16.3. The van der Waals surface area contributed by atoms with Gasteiger partial charge in [-0.15, -0.1) is 0 Å². The van der Waals surface area contributed by atoms with E-state index in [0.29, 0.717) is 5.56 Å². The minimum Gasteiger partial charge on any atom is -0.455 e. The van der Waals surface area contributed by atoms with Gasteiger partial charge in [-0.1, -0.05) is 158 Å². The standard InChI is InChI=1S/C50H30O/c1-2-13-33-29-36(24-23-31(33)11-1)47-41-16-5-7-18-43(41)48(44-19-8-6-17-42(44)47)40-21-9-14-34-30-35(26-27-37(34)40)38-20-10-22-46-49(38)45-28-25-32-12-3-4-15-39(32)50(45)51-46/h1-30H/i3D,4D,10D,12D,15D,20D,22D,25D,28D. The molecule has 0 atom stereocenters. The first-order valence-corrected chi connectivity index (χ1v) is 16.9. The third kappa shape index (κ3) is 4.22. The smallest absolute Gasteiger partial charge is 0.143 e. The molecule has 0 saturated carbocycles. The first-order chi connectivity index (χ1) is 29.0. The lowest BCUT2D eigenvalue weighted by Gasteiger charge is -2.19. The summed E-state index contributed by atoms with van der Waals surface area (Å²) in [5.74, 6) is 0. The largest absolute Gasteiger partial charge is 0.455 e. The van der Waals surface area contributed by atoms with Gasteiger partial charge in [0.25, 0.3) is 0 Å². The molecule has 0 bridgehead atoms. The number of fused-ring (bicyclic) bond motifs is 9. The van der Waals surface area contributed by atoms with Crippen LogP contribution in [0.25, 0.3) is 109 Å². The molecule has 0 saturated heterocycles. The Kier molecular flexibility index (Phi) is 4.43. The van der Waals surface area contributed by atoms with Crippen molar-refractivity contribution < 1.29 is 16.8 Å². The van der Waals surface area contributed by atoms with E-state index in [4.69, 9.17) is 15.4 Å². The first kappa shape index (κ1) is 20.7. The summed E-state index contributed by atoms with van der Waals surface area (Å²) in [6, 6.07) is 40.2.